The molecule has 34 heavy (non-hydrogen) atoms. The van der Waals surface area contributed by atoms with E-state index >= 15 is 0 Å². The SMILES string of the molecule is CCCCCCCCCCCCCCCCNc1ncnc(Nc2ccccc2Br)c1[N+](=O)[O-]. The van der Waals surface area contributed by atoms with Crippen LogP contribution >= 0.6 is 15.9 Å². The molecule has 0 aliphatic carbocycles. The lowest BCUT2D eigenvalue weighted by Crippen LogP contribution is -2.09. The highest BCUT2D eigenvalue weighted by atomic mass is 79.9. The molecule has 8 heteroatoms. The number of nitrogens with one attached hydrogen (secondary N) is 2. The highest BCUT2D eigenvalue weighted by molar-refractivity contribution is 9.10. The molecule has 0 spiro atoms. The van der Waals surface area contributed by atoms with E-state index in [1.54, 1.807) is 0 Å². The first kappa shape index (κ1) is 28.0. The Bertz CT molecular complexity index is 850. The molecule has 2 aromatic rings. The molecule has 2 N–H and O–H groups in total. The van der Waals surface area contributed by atoms with E-state index in [2.05, 4.69) is 43.5 Å². The van der Waals surface area contributed by atoms with E-state index in [0.29, 0.717) is 12.2 Å². The van der Waals surface area contributed by atoms with Gasteiger partial charge in [0.25, 0.3) is 0 Å². The van der Waals surface area contributed by atoms with Gasteiger partial charge in [0.15, 0.2) is 0 Å². The molecule has 1 aromatic heterocycles. The number of hydrogen-bond acceptors (Lipinski definition) is 6. The van der Waals surface area contributed by atoms with Crippen LogP contribution in [0.15, 0.2) is 35.1 Å². The molecule has 188 valence electrons. The van der Waals surface area contributed by atoms with E-state index in [-0.39, 0.29) is 17.3 Å². The summed E-state index contributed by atoms with van der Waals surface area (Å²) in [6, 6.07) is 7.43. The van der Waals surface area contributed by atoms with Crippen molar-refractivity contribution in [2.75, 3.05) is 17.2 Å². The van der Waals surface area contributed by atoms with Gasteiger partial charge in [0.05, 0.1) is 10.6 Å². The second kappa shape index (κ2) is 17.2. The van der Waals surface area contributed by atoms with Gasteiger partial charge in [-0.05, 0) is 34.5 Å². The van der Waals surface area contributed by atoms with Gasteiger partial charge in [-0.15, -0.1) is 0 Å². The second-order valence-corrected chi connectivity index (χ2v) is 9.66. The lowest BCUT2D eigenvalue weighted by atomic mass is 10.0. The molecule has 0 aliphatic heterocycles. The van der Waals surface area contributed by atoms with Gasteiger partial charge in [-0.3, -0.25) is 10.1 Å². The minimum Gasteiger partial charge on any atom is -0.364 e. The van der Waals surface area contributed by atoms with E-state index < -0.39 is 4.92 Å². The molecule has 0 aliphatic rings. The summed E-state index contributed by atoms with van der Waals surface area (Å²) in [6.07, 6.45) is 19.6. The average molecular weight is 535 g/mol. The van der Waals surface area contributed by atoms with Crippen LogP contribution in [0.25, 0.3) is 0 Å². The van der Waals surface area contributed by atoms with Crippen LogP contribution in [0, 0.1) is 10.1 Å². The van der Waals surface area contributed by atoms with Crippen LogP contribution in [0.4, 0.5) is 23.0 Å². The van der Waals surface area contributed by atoms with E-state index in [9.17, 15) is 10.1 Å². The van der Waals surface area contributed by atoms with Gasteiger partial charge in [-0.25, -0.2) is 9.97 Å². The van der Waals surface area contributed by atoms with E-state index in [1.807, 2.05) is 24.3 Å². The lowest BCUT2D eigenvalue weighted by Gasteiger charge is -2.11. The zero-order valence-corrected chi connectivity index (χ0v) is 22.1. The first-order valence-electron chi connectivity index (χ1n) is 12.9. The Balaban J connectivity index is 1.62. The van der Waals surface area contributed by atoms with Crippen LogP contribution < -0.4 is 10.6 Å². The van der Waals surface area contributed by atoms with E-state index in [1.165, 1.54) is 83.4 Å². The monoisotopic (exact) mass is 533 g/mol. The Morgan fingerprint density at radius 1 is 0.824 bits per heavy atom. The molecular weight excluding hydrogens is 494 g/mol. The van der Waals surface area contributed by atoms with Crippen molar-refractivity contribution in [1.82, 2.24) is 9.97 Å². The van der Waals surface area contributed by atoms with Crippen LogP contribution in [0.2, 0.25) is 0 Å². The zero-order chi connectivity index (χ0) is 24.4. The minimum absolute atomic E-state index is 0.136. The van der Waals surface area contributed by atoms with Crippen molar-refractivity contribution in [3.8, 4) is 0 Å². The third-order valence-electron chi connectivity index (χ3n) is 5.95. The number of anilines is 3. The zero-order valence-electron chi connectivity index (χ0n) is 20.5. The summed E-state index contributed by atoms with van der Waals surface area (Å²) in [6.45, 7) is 2.92. The van der Waals surface area contributed by atoms with Crippen molar-refractivity contribution in [2.45, 2.75) is 96.8 Å². The smallest absolute Gasteiger partial charge is 0.353 e. The molecule has 0 atom stereocenters. The Kier molecular flexibility index (Phi) is 14.2. The molecule has 0 fully saturated rings. The van der Waals surface area contributed by atoms with Gasteiger partial charge in [0.2, 0.25) is 11.6 Å². The van der Waals surface area contributed by atoms with Crippen molar-refractivity contribution >= 4 is 38.9 Å². The number of rotatable bonds is 19. The molecule has 0 saturated carbocycles. The van der Waals surface area contributed by atoms with Gasteiger partial charge in [0, 0.05) is 11.0 Å². The molecule has 0 amide bonds. The largest absolute Gasteiger partial charge is 0.364 e. The fourth-order valence-electron chi connectivity index (χ4n) is 3.99. The topological polar surface area (TPSA) is 93.0 Å². The maximum Gasteiger partial charge on any atom is 0.353 e. The standard InChI is InChI=1S/C26H40BrN5O2/c1-2-3-4-5-6-7-8-9-10-11-12-13-14-17-20-28-25-24(32(33)34)26(30-21-29-25)31-23-19-16-15-18-22(23)27/h15-16,18-19,21H,2-14,17,20H2,1H3,(H2,28,29,30,31). The van der Waals surface area contributed by atoms with Crippen molar-refractivity contribution in [3.63, 3.8) is 0 Å². The normalized spacial score (nSPS) is 10.9. The summed E-state index contributed by atoms with van der Waals surface area (Å²) < 4.78 is 0.805. The number of nitro groups is 1. The molecule has 0 bridgehead atoms. The first-order valence-corrected chi connectivity index (χ1v) is 13.7. The molecule has 7 nitrogen and oxygen atoms in total. The molecule has 0 saturated heterocycles. The maximum atomic E-state index is 11.7. The fraction of sp³-hybridized carbons (Fsp3) is 0.615. The summed E-state index contributed by atoms with van der Waals surface area (Å²) in [5.74, 6) is 0.430. The first-order chi connectivity index (χ1) is 16.6. The number of halogens is 1. The third kappa shape index (κ3) is 10.8. The second-order valence-electron chi connectivity index (χ2n) is 8.80. The molecule has 0 radical (unpaired) electrons. The number of unbranched alkanes of at least 4 members (excludes halogenated alkanes) is 13. The van der Waals surface area contributed by atoms with Gasteiger partial charge in [-0.1, -0.05) is 103 Å². The van der Waals surface area contributed by atoms with Crippen LogP contribution in [0.1, 0.15) is 96.8 Å². The van der Waals surface area contributed by atoms with Gasteiger partial charge >= 0.3 is 5.69 Å². The van der Waals surface area contributed by atoms with Crippen molar-refractivity contribution in [3.05, 3.63) is 45.2 Å². The Morgan fingerprint density at radius 3 is 1.91 bits per heavy atom. The van der Waals surface area contributed by atoms with Gasteiger partial charge < -0.3 is 10.6 Å². The molecule has 0 unspecified atom stereocenters. The number of nitrogens with zero attached hydrogens (tertiary/aromatic N) is 3. The molecular formula is C26H40BrN5O2. The molecule has 1 aromatic carbocycles. The minimum atomic E-state index is -0.438. The fourth-order valence-corrected chi connectivity index (χ4v) is 4.37. The summed E-state index contributed by atoms with van der Waals surface area (Å²) in [5.41, 5.74) is 0.575. The van der Waals surface area contributed by atoms with Crippen LogP contribution in [-0.2, 0) is 0 Å². The summed E-state index contributed by atoms with van der Waals surface area (Å²) in [7, 11) is 0. The third-order valence-corrected chi connectivity index (χ3v) is 6.65. The average Bonchev–Trinajstić information content (AvgIpc) is 2.83. The Morgan fingerprint density at radius 2 is 1.35 bits per heavy atom. The summed E-state index contributed by atoms with van der Waals surface area (Å²) in [4.78, 5) is 19.5. The lowest BCUT2D eigenvalue weighted by molar-refractivity contribution is -0.383. The van der Waals surface area contributed by atoms with Crippen molar-refractivity contribution in [2.24, 2.45) is 0 Å². The van der Waals surface area contributed by atoms with Gasteiger partial charge in [-0.2, -0.15) is 0 Å². The molecule has 1 heterocycles. The predicted molar refractivity (Wildman–Crippen MR) is 145 cm³/mol. The number of benzene rings is 1. The Labute approximate surface area is 212 Å². The quantitative estimate of drug-likeness (QED) is 0.106. The highest BCUT2D eigenvalue weighted by Crippen LogP contribution is 2.33. The maximum absolute atomic E-state index is 11.7. The van der Waals surface area contributed by atoms with Crippen LogP contribution in [-0.4, -0.2) is 21.4 Å². The van der Waals surface area contributed by atoms with E-state index in [4.69, 9.17) is 0 Å². The van der Waals surface area contributed by atoms with E-state index in [0.717, 1.165) is 17.3 Å². The van der Waals surface area contributed by atoms with Gasteiger partial charge in [0.1, 0.15) is 6.33 Å². The molecule has 2 rings (SSSR count). The number of aromatic nitrogens is 2. The highest BCUT2D eigenvalue weighted by Gasteiger charge is 2.23. The number of para-hydroxylation sites is 1. The Hall–Kier alpha value is -2.22. The number of hydrogen-bond donors (Lipinski definition) is 2. The van der Waals surface area contributed by atoms with Crippen LogP contribution in [0.3, 0.4) is 0 Å². The predicted octanol–water partition coefficient (Wildman–Crippen LogP) is 8.78. The van der Waals surface area contributed by atoms with Crippen LogP contribution in [0.5, 0.6) is 0 Å². The van der Waals surface area contributed by atoms with Crippen molar-refractivity contribution < 1.29 is 4.92 Å². The van der Waals surface area contributed by atoms with Crippen molar-refractivity contribution in [1.29, 1.82) is 0 Å². The summed E-state index contributed by atoms with van der Waals surface area (Å²) >= 11 is 3.45. The summed E-state index contributed by atoms with van der Waals surface area (Å²) in [5, 5.41) is 17.9.